The van der Waals surface area contributed by atoms with Crippen molar-refractivity contribution in [2.24, 2.45) is 0 Å². The maximum absolute atomic E-state index is 13.4. The Morgan fingerprint density at radius 1 is 1.00 bits per heavy atom. The lowest BCUT2D eigenvalue weighted by atomic mass is 9.95. The summed E-state index contributed by atoms with van der Waals surface area (Å²) in [5, 5.41) is 4.00. The van der Waals surface area contributed by atoms with Gasteiger partial charge in [0, 0.05) is 44.2 Å². The summed E-state index contributed by atoms with van der Waals surface area (Å²) >= 11 is 0. The average Bonchev–Trinajstić information content (AvgIpc) is 2.73. The summed E-state index contributed by atoms with van der Waals surface area (Å²) in [5.74, 6) is 0.483. The Labute approximate surface area is 201 Å². The molecule has 1 aliphatic rings. The van der Waals surface area contributed by atoms with E-state index in [2.05, 4.69) is 25.0 Å². The number of nitrogens with one attached hydrogen (secondary N) is 1. The van der Waals surface area contributed by atoms with Gasteiger partial charge in [0.05, 0.1) is 0 Å². The van der Waals surface area contributed by atoms with Gasteiger partial charge in [0.15, 0.2) is 0 Å². The summed E-state index contributed by atoms with van der Waals surface area (Å²) < 4.78 is 41.4. The molecule has 2 aromatic heterocycles. The van der Waals surface area contributed by atoms with Crippen LogP contribution in [-0.2, 0) is 18.1 Å². The molecule has 0 unspecified atom stereocenters. The number of hydrogen-bond donors (Lipinski definition) is 1. The molecule has 0 aliphatic carbocycles. The lowest BCUT2D eigenvalue weighted by molar-refractivity contribution is -0.141. The number of hydrogen-bond acceptors (Lipinski definition) is 7. The highest BCUT2D eigenvalue weighted by molar-refractivity contribution is 5.85. The third kappa shape index (κ3) is 7.02. The first-order chi connectivity index (χ1) is 15.3. The second-order valence-electron chi connectivity index (χ2n) is 9.29. The van der Waals surface area contributed by atoms with Crippen LogP contribution in [0.2, 0.25) is 0 Å². The summed E-state index contributed by atoms with van der Waals surface area (Å²) in [6, 6.07) is 1.03. The quantitative estimate of drug-likeness (QED) is 0.601. The predicted molar refractivity (Wildman–Crippen MR) is 125 cm³/mol. The fourth-order valence-corrected chi connectivity index (χ4v) is 3.55. The van der Waals surface area contributed by atoms with Gasteiger partial charge in [-0.3, -0.25) is 14.7 Å². The minimum absolute atomic E-state index is 0. The third-order valence-electron chi connectivity index (χ3n) is 5.52. The number of aromatic amines is 1. The molecule has 1 fully saturated rings. The van der Waals surface area contributed by atoms with E-state index in [1.807, 2.05) is 4.90 Å². The second kappa shape index (κ2) is 10.9. The van der Waals surface area contributed by atoms with Gasteiger partial charge in [-0.15, -0.1) is 12.4 Å². The van der Waals surface area contributed by atoms with Gasteiger partial charge in [-0.1, -0.05) is 20.8 Å². The van der Waals surface area contributed by atoms with E-state index in [1.165, 1.54) is 4.68 Å². The number of H-pyrrole nitrogens is 1. The number of alkyl halides is 3. The van der Waals surface area contributed by atoms with Crippen molar-refractivity contribution in [1.82, 2.24) is 29.6 Å². The molecule has 9 nitrogen and oxygen atoms in total. The number of piperazine rings is 1. The lowest BCUT2D eigenvalue weighted by Gasteiger charge is -2.36. The van der Waals surface area contributed by atoms with E-state index < -0.39 is 28.5 Å². The molecule has 34 heavy (non-hydrogen) atoms. The van der Waals surface area contributed by atoms with E-state index in [0.29, 0.717) is 45.0 Å². The van der Waals surface area contributed by atoms with Crippen molar-refractivity contribution in [3.05, 3.63) is 44.1 Å². The topological polar surface area (TPSA) is 100 Å². The van der Waals surface area contributed by atoms with Crippen LogP contribution in [0.25, 0.3) is 0 Å². The summed E-state index contributed by atoms with van der Waals surface area (Å²) in [5.41, 5.74) is -2.26. The first-order valence-corrected chi connectivity index (χ1v) is 11.0. The molecule has 0 atom stereocenters. The van der Waals surface area contributed by atoms with Crippen molar-refractivity contribution >= 4 is 18.2 Å². The Balaban J connectivity index is 0.00000408. The van der Waals surface area contributed by atoms with Crippen LogP contribution in [0.1, 0.15) is 50.8 Å². The summed E-state index contributed by atoms with van der Waals surface area (Å²) in [6.45, 7) is 10.7. The average molecular weight is 506 g/mol. The molecule has 3 rings (SSSR count). The van der Waals surface area contributed by atoms with E-state index >= 15 is 0 Å². The van der Waals surface area contributed by atoms with Gasteiger partial charge in [-0.2, -0.15) is 18.3 Å². The molecule has 0 bridgehead atoms. The Morgan fingerprint density at radius 3 is 2.21 bits per heavy atom. The fraction of sp³-hybridized carbons (Fsp3) is 0.667. The van der Waals surface area contributed by atoms with Crippen LogP contribution in [0, 0.1) is 6.92 Å². The van der Waals surface area contributed by atoms with Gasteiger partial charge < -0.3 is 4.90 Å². The predicted octanol–water partition coefficient (Wildman–Crippen LogP) is 2.37. The lowest BCUT2D eigenvalue weighted by Crippen LogP contribution is -2.47. The molecule has 0 amide bonds. The molecule has 0 radical (unpaired) electrons. The van der Waals surface area contributed by atoms with Crippen molar-refractivity contribution in [1.29, 1.82) is 0 Å². The Hall–Kier alpha value is -2.47. The minimum Gasteiger partial charge on any atom is -0.354 e. The maximum atomic E-state index is 13.4. The molecule has 2 aromatic rings. The monoisotopic (exact) mass is 505 g/mol. The number of halogens is 4. The minimum atomic E-state index is -4.53. The fourth-order valence-electron chi connectivity index (χ4n) is 3.55. The molecule has 13 heteroatoms. The Morgan fingerprint density at radius 2 is 1.62 bits per heavy atom. The van der Waals surface area contributed by atoms with E-state index in [9.17, 15) is 22.8 Å². The van der Waals surface area contributed by atoms with Crippen molar-refractivity contribution in [3.63, 3.8) is 0 Å². The van der Waals surface area contributed by atoms with Crippen LogP contribution < -0.4 is 16.1 Å². The van der Waals surface area contributed by atoms with Crippen molar-refractivity contribution < 1.29 is 13.2 Å². The number of nitrogens with zero attached hydrogens (tertiary/aromatic N) is 6. The molecule has 0 saturated carbocycles. The highest BCUT2D eigenvalue weighted by atomic mass is 35.5. The zero-order chi connectivity index (χ0) is 24.4. The van der Waals surface area contributed by atoms with Crippen LogP contribution in [0.5, 0.6) is 0 Å². The van der Waals surface area contributed by atoms with Gasteiger partial charge >= 0.3 is 11.9 Å². The summed E-state index contributed by atoms with van der Waals surface area (Å²) in [4.78, 5) is 37.7. The van der Waals surface area contributed by atoms with E-state index in [0.717, 1.165) is 19.0 Å². The number of aryl methyl sites for hydroxylation is 2. The maximum Gasteiger partial charge on any atom is 0.433 e. The van der Waals surface area contributed by atoms with Crippen molar-refractivity contribution in [2.75, 3.05) is 37.6 Å². The zero-order valence-corrected chi connectivity index (χ0v) is 20.6. The molecule has 0 aromatic carbocycles. The van der Waals surface area contributed by atoms with E-state index in [4.69, 9.17) is 0 Å². The van der Waals surface area contributed by atoms with Crippen LogP contribution in [-0.4, -0.2) is 62.4 Å². The third-order valence-corrected chi connectivity index (χ3v) is 5.52. The molecular formula is C21H31ClF3N7O2. The van der Waals surface area contributed by atoms with Gasteiger partial charge in [0.2, 0.25) is 0 Å². The number of aromatic nitrogens is 5. The standard InChI is InChI=1S/C21H30F3N7O2.ClH/c1-14-17(32)27-19(33)31(28-14)8-6-5-7-29-9-11-30(12-10-29)16-13-15(21(22,23)24)25-18(26-16)20(2,3)4;/h13H,5-12H2,1-4H3,(H,27,32,33);1H. The van der Waals surface area contributed by atoms with Crippen molar-refractivity contribution in [2.45, 2.75) is 58.7 Å². The van der Waals surface area contributed by atoms with Crippen LogP contribution in [0.3, 0.4) is 0 Å². The Kier molecular flexibility index (Phi) is 8.86. The second-order valence-corrected chi connectivity index (χ2v) is 9.29. The first kappa shape index (κ1) is 27.8. The molecule has 1 N–H and O–H groups in total. The van der Waals surface area contributed by atoms with Crippen LogP contribution in [0.4, 0.5) is 19.0 Å². The van der Waals surface area contributed by atoms with Gasteiger partial charge in [-0.25, -0.2) is 19.4 Å². The van der Waals surface area contributed by atoms with Gasteiger partial charge in [0.25, 0.3) is 5.56 Å². The van der Waals surface area contributed by atoms with Crippen molar-refractivity contribution in [3.8, 4) is 0 Å². The van der Waals surface area contributed by atoms with E-state index in [-0.39, 0.29) is 23.9 Å². The molecule has 0 spiro atoms. The highest BCUT2D eigenvalue weighted by Gasteiger charge is 2.35. The summed E-state index contributed by atoms with van der Waals surface area (Å²) in [6.07, 6.45) is -2.98. The normalized spacial score (nSPS) is 15.3. The molecule has 1 aliphatic heterocycles. The molecular weight excluding hydrogens is 475 g/mol. The molecule has 190 valence electrons. The van der Waals surface area contributed by atoms with Gasteiger partial charge in [-0.05, 0) is 26.3 Å². The molecule has 1 saturated heterocycles. The SMILES string of the molecule is Cc1nn(CCCCN2CCN(c3cc(C(F)(F)F)nc(C(C)(C)C)n3)CC2)c(=O)[nH]c1=O.Cl. The zero-order valence-electron chi connectivity index (χ0n) is 19.8. The van der Waals surface area contributed by atoms with E-state index in [1.54, 1.807) is 27.7 Å². The summed E-state index contributed by atoms with van der Waals surface area (Å²) in [7, 11) is 0. The number of anilines is 1. The number of unbranched alkanes of at least 4 members (excludes halogenated alkanes) is 1. The Bertz CT molecular complexity index is 1060. The molecule has 3 heterocycles. The largest absolute Gasteiger partial charge is 0.433 e. The van der Waals surface area contributed by atoms with Crippen LogP contribution >= 0.6 is 12.4 Å². The first-order valence-electron chi connectivity index (χ1n) is 11.0. The smallest absolute Gasteiger partial charge is 0.354 e. The van der Waals surface area contributed by atoms with Crippen LogP contribution in [0.15, 0.2) is 15.7 Å². The highest BCUT2D eigenvalue weighted by Crippen LogP contribution is 2.32. The van der Waals surface area contributed by atoms with Gasteiger partial charge in [0.1, 0.15) is 23.0 Å². The number of rotatable bonds is 6.